The Morgan fingerprint density at radius 1 is 1.00 bits per heavy atom. The number of hydrogen-bond donors (Lipinski definition) is 1. The van der Waals surface area contributed by atoms with Crippen LogP contribution in [-0.2, 0) is 10.1 Å². The number of hydrogen-bond acceptors (Lipinski definition) is 2. The van der Waals surface area contributed by atoms with E-state index >= 15 is 0 Å². The van der Waals surface area contributed by atoms with Crippen molar-refractivity contribution in [1.29, 1.82) is 0 Å². The van der Waals surface area contributed by atoms with E-state index in [9.17, 15) is 8.42 Å². The molecular formula is C11H22O3S. The van der Waals surface area contributed by atoms with Gasteiger partial charge in [-0.15, -0.1) is 0 Å². The van der Waals surface area contributed by atoms with Crippen LogP contribution in [0.4, 0.5) is 0 Å². The van der Waals surface area contributed by atoms with Gasteiger partial charge >= 0.3 is 0 Å². The summed E-state index contributed by atoms with van der Waals surface area (Å²) >= 11 is 0. The fourth-order valence-electron chi connectivity index (χ4n) is 1.31. The first-order chi connectivity index (χ1) is 7.06. The second-order valence-corrected chi connectivity index (χ2v) is 5.32. The Morgan fingerprint density at radius 2 is 1.60 bits per heavy atom. The topological polar surface area (TPSA) is 54.4 Å². The summed E-state index contributed by atoms with van der Waals surface area (Å²) in [4.78, 5) is 0. The average Bonchev–Trinajstić information content (AvgIpc) is 2.14. The lowest BCUT2D eigenvalue weighted by Gasteiger charge is -1.95. The predicted molar refractivity (Wildman–Crippen MR) is 63.5 cm³/mol. The van der Waals surface area contributed by atoms with Crippen LogP contribution in [0.3, 0.4) is 0 Å². The summed E-state index contributed by atoms with van der Waals surface area (Å²) in [6.45, 7) is 2.19. The number of unbranched alkanes of at least 4 members (excludes halogenated alkanes) is 5. The summed E-state index contributed by atoms with van der Waals surface area (Å²) in [6, 6.07) is 0. The zero-order valence-corrected chi connectivity index (χ0v) is 10.3. The van der Waals surface area contributed by atoms with E-state index in [2.05, 4.69) is 13.0 Å². The van der Waals surface area contributed by atoms with Gasteiger partial charge in [0.2, 0.25) is 0 Å². The van der Waals surface area contributed by atoms with Crippen molar-refractivity contribution < 1.29 is 13.0 Å². The molecule has 0 unspecified atom stereocenters. The van der Waals surface area contributed by atoms with E-state index < -0.39 is 10.1 Å². The number of rotatable bonds is 9. The van der Waals surface area contributed by atoms with Crippen LogP contribution >= 0.6 is 0 Å². The van der Waals surface area contributed by atoms with Crippen LogP contribution in [0.2, 0.25) is 0 Å². The summed E-state index contributed by atoms with van der Waals surface area (Å²) in [5.74, 6) is -0.132. The van der Waals surface area contributed by atoms with Crippen LogP contribution in [0.15, 0.2) is 12.2 Å². The quantitative estimate of drug-likeness (QED) is 0.379. The standard InChI is InChI=1S/C11H22O3S/c1-2-3-4-5-6-7-8-9-10-11-15(12,13)14/h7-8H,2-6,9-11H2,1H3,(H,12,13,14)/b8-7+. The Labute approximate surface area is 93.3 Å². The van der Waals surface area contributed by atoms with Crippen LogP contribution in [-0.4, -0.2) is 18.7 Å². The summed E-state index contributed by atoms with van der Waals surface area (Å²) < 4.78 is 29.2. The largest absolute Gasteiger partial charge is 0.286 e. The minimum atomic E-state index is -3.76. The van der Waals surface area contributed by atoms with Crippen LogP contribution in [0, 0.1) is 0 Å². The van der Waals surface area contributed by atoms with Gasteiger partial charge < -0.3 is 0 Å². The van der Waals surface area contributed by atoms with Gasteiger partial charge in [0.15, 0.2) is 0 Å². The van der Waals surface area contributed by atoms with E-state index in [1.54, 1.807) is 0 Å². The van der Waals surface area contributed by atoms with Crippen LogP contribution < -0.4 is 0 Å². The molecule has 15 heavy (non-hydrogen) atoms. The molecule has 0 saturated carbocycles. The van der Waals surface area contributed by atoms with Gasteiger partial charge in [0.25, 0.3) is 10.1 Å². The smallest absolute Gasteiger partial charge is 0.264 e. The SMILES string of the molecule is CCCCCC/C=C/CCCS(=O)(=O)O. The maximum atomic E-state index is 10.4. The molecule has 0 bridgehead atoms. The molecule has 0 atom stereocenters. The summed E-state index contributed by atoms with van der Waals surface area (Å²) in [7, 11) is -3.76. The molecule has 0 aliphatic rings. The van der Waals surface area contributed by atoms with Crippen molar-refractivity contribution in [1.82, 2.24) is 0 Å². The third-order valence-electron chi connectivity index (χ3n) is 2.16. The van der Waals surface area contributed by atoms with Crippen molar-refractivity contribution in [3.8, 4) is 0 Å². The zero-order valence-electron chi connectivity index (χ0n) is 9.48. The highest BCUT2D eigenvalue weighted by atomic mass is 32.2. The van der Waals surface area contributed by atoms with Crippen molar-refractivity contribution in [2.45, 2.75) is 51.9 Å². The normalized spacial score (nSPS) is 12.4. The molecule has 0 saturated heterocycles. The molecule has 90 valence electrons. The van der Waals surface area contributed by atoms with Crippen molar-refractivity contribution >= 4 is 10.1 Å². The average molecular weight is 234 g/mol. The Balaban J connectivity index is 3.25. The third kappa shape index (κ3) is 13.7. The van der Waals surface area contributed by atoms with Gasteiger partial charge in [-0.1, -0.05) is 38.3 Å². The molecule has 0 fully saturated rings. The highest BCUT2D eigenvalue weighted by Crippen LogP contribution is 2.04. The highest BCUT2D eigenvalue weighted by molar-refractivity contribution is 7.85. The van der Waals surface area contributed by atoms with E-state index in [4.69, 9.17) is 4.55 Å². The number of allylic oxidation sites excluding steroid dienone is 2. The van der Waals surface area contributed by atoms with Gasteiger partial charge in [0.1, 0.15) is 0 Å². The lowest BCUT2D eigenvalue weighted by molar-refractivity contribution is 0.481. The third-order valence-corrected chi connectivity index (χ3v) is 2.97. The first-order valence-corrected chi connectivity index (χ1v) is 7.27. The maximum absolute atomic E-state index is 10.4. The second-order valence-electron chi connectivity index (χ2n) is 3.75. The molecule has 0 radical (unpaired) electrons. The van der Waals surface area contributed by atoms with E-state index in [1.165, 1.54) is 25.7 Å². The van der Waals surface area contributed by atoms with Crippen LogP contribution in [0.25, 0.3) is 0 Å². The molecule has 4 heteroatoms. The van der Waals surface area contributed by atoms with Gasteiger partial charge in [-0.25, -0.2) is 0 Å². The summed E-state index contributed by atoms with van der Waals surface area (Å²) in [5, 5.41) is 0. The minimum absolute atomic E-state index is 0.132. The first kappa shape index (κ1) is 14.6. The summed E-state index contributed by atoms with van der Waals surface area (Å²) in [5.41, 5.74) is 0. The zero-order chi connectivity index (χ0) is 11.6. The molecule has 0 aromatic heterocycles. The second kappa shape index (κ2) is 8.92. The molecule has 0 aromatic carbocycles. The lowest BCUT2D eigenvalue weighted by Crippen LogP contribution is -2.02. The van der Waals surface area contributed by atoms with Crippen molar-refractivity contribution in [3.05, 3.63) is 12.2 Å². The van der Waals surface area contributed by atoms with E-state index in [-0.39, 0.29) is 5.75 Å². The van der Waals surface area contributed by atoms with Crippen molar-refractivity contribution in [2.24, 2.45) is 0 Å². The molecule has 0 spiro atoms. The first-order valence-electron chi connectivity index (χ1n) is 5.66. The lowest BCUT2D eigenvalue weighted by atomic mass is 10.1. The Hall–Kier alpha value is -0.350. The minimum Gasteiger partial charge on any atom is -0.286 e. The fraction of sp³-hybridized carbons (Fsp3) is 0.818. The Kier molecular flexibility index (Phi) is 8.71. The van der Waals surface area contributed by atoms with Gasteiger partial charge in [-0.05, 0) is 25.7 Å². The van der Waals surface area contributed by atoms with Gasteiger partial charge in [0, 0.05) is 0 Å². The Morgan fingerprint density at radius 3 is 2.13 bits per heavy atom. The Bertz CT molecular complexity index is 255. The fourth-order valence-corrected chi connectivity index (χ4v) is 1.84. The molecule has 0 heterocycles. The predicted octanol–water partition coefficient (Wildman–Crippen LogP) is 3.18. The van der Waals surface area contributed by atoms with Gasteiger partial charge in [0.05, 0.1) is 5.75 Å². The van der Waals surface area contributed by atoms with Crippen LogP contribution in [0.1, 0.15) is 51.9 Å². The molecule has 0 rings (SSSR count). The van der Waals surface area contributed by atoms with E-state index in [0.29, 0.717) is 6.42 Å². The summed E-state index contributed by atoms with van der Waals surface area (Å²) in [6.07, 6.45) is 11.4. The molecule has 3 nitrogen and oxygen atoms in total. The van der Waals surface area contributed by atoms with Crippen LogP contribution in [0.5, 0.6) is 0 Å². The van der Waals surface area contributed by atoms with E-state index in [1.807, 2.05) is 6.08 Å². The molecule has 0 aromatic rings. The monoisotopic (exact) mass is 234 g/mol. The molecule has 0 amide bonds. The molecular weight excluding hydrogens is 212 g/mol. The van der Waals surface area contributed by atoms with Crippen molar-refractivity contribution in [3.63, 3.8) is 0 Å². The van der Waals surface area contributed by atoms with E-state index in [0.717, 1.165) is 12.8 Å². The van der Waals surface area contributed by atoms with Crippen molar-refractivity contribution in [2.75, 3.05) is 5.75 Å². The highest BCUT2D eigenvalue weighted by Gasteiger charge is 2.01. The molecule has 0 aliphatic carbocycles. The molecule has 1 N–H and O–H groups in total. The molecule has 0 aliphatic heterocycles. The maximum Gasteiger partial charge on any atom is 0.264 e. The van der Waals surface area contributed by atoms with Gasteiger partial charge in [-0.2, -0.15) is 8.42 Å². The van der Waals surface area contributed by atoms with Gasteiger partial charge in [-0.3, -0.25) is 4.55 Å².